The Morgan fingerprint density at radius 1 is 0.697 bits per heavy atom. The number of phenolic OH excluding ortho intramolecular Hbond substituents is 1. The van der Waals surface area contributed by atoms with Crippen LogP contribution >= 0.6 is 0 Å². The van der Waals surface area contributed by atoms with Crippen molar-refractivity contribution in [3.63, 3.8) is 0 Å². The summed E-state index contributed by atoms with van der Waals surface area (Å²) in [6.45, 7) is 3.46. The third-order valence-corrected chi connectivity index (χ3v) is 6.51. The fraction of sp³-hybridized carbons (Fsp3) is 0.100. The van der Waals surface area contributed by atoms with Gasteiger partial charge in [-0.3, -0.25) is 9.11 Å². The molecule has 0 amide bonds. The summed E-state index contributed by atoms with van der Waals surface area (Å²) in [6.07, 6.45) is 0. The number of aryl methyl sites for hydroxylation is 2. The number of phenols is 1. The molecule has 11 nitrogen and oxygen atoms in total. The molecule has 0 bridgehead atoms. The maximum Gasteiger partial charge on any atom is 0.294 e. The van der Waals surface area contributed by atoms with Gasteiger partial charge in [0, 0.05) is 22.2 Å². The summed E-state index contributed by atoms with van der Waals surface area (Å²) >= 11 is 0. The Bertz CT molecular complexity index is 1680. The minimum Gasteiger partial charge on any atom is -0.505 e. The SMILES string of the molecule is Cc1cc(C)nc(N=Nc2c(O)c3cc(S(=O)(=O)O)ccc3c3ccc(S(=O)(=O)O)cc23)n1. The summed E-state index contributed by atoms with van der Waals surface area (Å²) in [6, 6.07) is 8.90. The molecule has 4 rings (SSSR count). The lowest BCUT2D eigenvalue weighted by molar-refractivity contribution is 0.479. The van der Waals surface area contributed by atoms with Gasteiger partial charge < -0.3 is 5.11 Å². The summed E-state index contributed by atoms with van der Waals surface area (Å²) < 4.78 is 65.4. The summed E-state index contributed by atoms with van der Waals surface area (Å²) in [5.41, 5.74) is 1.03. The first kappa shape index (κ1) is 22.7. The largest absolute Gasteiger partial charge is 0.505 e. The van der Waals surface area contributed by atoms with Crippen LogP contribution in [0, 0.1) is 13.8 Å². The van der Waals surface area contributed by atoms with Gasteiger partial charge in [0.2, 0.25) is 0 Å². The Hall–Kier alpha value is -3.52. The number of aromatic hydroxyl groups is 1. The third-order valence-electron chi connectivity index (χ3n) is 4.81. The van der Waals surface area contributed by atoms with Gasteiger partial charge in [-0.05, 0) is 55.0 Å². The van der Waals surface area contributed by atoms with Crippen LogP contribution in [0.4, 0.5) is 11.6 Å². The van der Waals surface area contributed by atoms with E-state index in [0.29, 0.717) is 22.2 Å². The first-order valence-corrected chi connectivity index (χ1v) is 12.1. The van der Waals surface area contributed by atoms with E-state index in [1.165, 1.54) is 12.1 Å². The third kappa shape index (κ3) is 4.39. The van der Waals surface area contributed by atoms with Crippen LogP contribution in [-0.4, -0.2) is 41.0 Å². The van der Waals surface area contributed by atoms with Crippen LogP contribution in [0.15, 0.2) is 62.5 Å². The molecule has 170 valence electrons. The number of rotatable bonds is 4. The molecule has 3 aromatic carbocycles. The lowest BCUT2D eigenvalue weighted by Gasteiger charge is -2.12. The Kier molecular flexibility index (Phi) is 5.36. The zero-order valence-corrected chi connectivity index (χ0v) is 18.8. The van der Waals surface area contributed by atoms with Crippen molar-refractivity contribution in [2.75, 3.05) is 0 Å². The molecule has 1 heterocycles. The molecule has 4 aromatic rings. The summed E-state index contributed by atoms with van der Waals surface area (Å²) in [7, 11) is -9.14. The molecular formula is C20H16N4O7S2. The highest BCUT2D eigenvalue weighted by atomic mass is 32.2. The number of benzene rings is 3. The lowest BCUT2D eigenvalue weighted by atomic mass is 9.99. The summed E-state index contributed by atoms with van der Waals surface area (Å²) in [5, 5.41) is 19.8. The van der Waals surface area contributed by atoms with Crippen LogP contribution in [0.3, 0.4) is 0 Å². The van der Waals surface area contributed by atoms with Gasteiger partial charge in [-0.25, -0.2) is 9.97 Å². The quantitative estimate of drug-likeness (QED) is 0.217. The Labute approximate surface area is 188 Å². The van der Waals surface area contributed by atoms with Crippen molar-refractivity contribution in [3.05, 3.63) is 53.9 Å². The van der Waals surface area contributed by atoms with Crippen molar-refractivity contribution >= 4 is 53.4 Å². The minimum absolute atomic E-state index is 0.0160. The smallest absolute Gasteiger partial charge is 0.294 e. The second kappa shape index (κ2) is 7.81. The number of hydrogen-bond donors (Lipinski definition) is 3. The number of fused-ring (bicyclic) bond motifs is 3. The van der Waals surface area contributed by atoms with Gasteiger partial charge in [0.15, 0.2) is 5.75 Å². The standard InChI is InChI=1S/C20H16N4O7S2/c1-10-7-11(2)22-20(21-10)24-23-18-16-8-12(32(26,27)28)3-5-14(16)15-6-4-13(33(29,30)31)9-17(15)19(18)25/h3-9,25H,1-2H3,(H,26,27,28)(H,29,30,31). The fourth-order valence-corrected chi connectivity index (χ4v) is 4.45. The zero-order valence-electron chi connectivity index (χ0n) is 17.1. The van der Waals surface area contributed by atoms with Crippen molar-refractivity contribution in [2.24, 2.45) is 10.2 Å². The lowest BCUT2D eigenvalue weighted by Crippen LogP contribution is -1.99. The molecule has 0 saturated heterocycles. The normalized spacial score (nSPS) is 12.7. The van der Waals surface area contributed by atoms with Crippen molar-refractivity contribution in [2.45, 2.75) is 23.6 Å². The number of nitrogens with zero attached hydrogens (tertiary/aromatic N) is 4. The van der Waals surface area contributed by atoms with Crippen molar-refractivity contribution in [1.82, 2.24) is 9.97 Å². The van der Waals surface area contributed by atoms with E-state index in [1.54, 1.807) is 19.9 Å². The topological polar surface area (TPSA) is 179 Å². The van der Waals surface area contributed by atoms with E-state index < -0.39 is 35.8 Å². The molecule has 0 fully saturated rings. The van der Waals surface area contributed by atoms with Crippen molar-refractivity contribution in [1.29, 1.82) is 0 Å². The number of azo groups is 1. The van der Waals surface area contributed by atoms with E-state index in [-0.39, 0.29) is 22.4 Å². The molecule has 0 aliphatic rings. The molecule has 0 saturated carbocycles. The molecule has 1 aromatic heterocycles. The van der Waals surface area contributed by atoms with Crippen LogP contribution in [0.1, 0.15) is 11.4 Å². The summed E-state index contributed by atoms with van der Waals surface area (Å²) in [5.74, 6) is -0.540. The van der Waals surface area contributed by atoms with Gasteiger partial charge in [0.05, 0.1) is 9.79 Å². The van der Waals surface area contributed by atoms with E-state index in [4.69, 9.17) is 0 Å². The molecule has 33 heavy (non-hydrogen) atoms. The highest BCUT2D eigenvalue weighted by Gasteiger charge is 2.20. The molecule has 0 spiro atoms. The molecular weight excluding hydrogens is 472 g/mol. The number of aromatic nitrogens is 2. The van der Waals surface area contributed by atoms with E-state index >= 15 is 0 Å². The average Bonchev–Trinajstić information content (AvgIpc) is 2.71. The van der Waals surface area contributed by atoms with Crippen LogP contribution in [0.5, 0.6) is 5.75 Å². The van der Waals surface area contributed by atoms with Gasteiger partial charge in [0.1, 0.15) is 5.69 Å². The van der Waals surface area contributed by atoms with E-state index in [1.807, 2.05) is 0 Å². The maximum atomic E-state index is 11.7. The van der Waals surface area contributed by atoms with E-state index in [9.17, 15) is 31.0 Å². The van der Waals surface area contributed by atoms with Gasteiger partial charge in [-0.1, -0.05) is 12.1 Å². The van der Waals surface area contributed by atoms with Gasteiger partial charge in [0.25, 0.3) is 26.2 Å². The van der Waals surface area contributed by atoms with Crippen molar-refractivity contribution < 1.29 is 31.0 Å². The second-order valence-corrected chi connectivity index (χ2v) is 10.1. The fourth-order valence-electron chi connectivity index (χ4n) is 3.43. The van der Waals surface area contributed by atoms with Gasteiger partial charge in [-0.15, -0.1) is 10.2 Å². The molecule has 0 radical (unpaired) electrons. The first-order chi connectivity index (χ1) is 15.3. The zero-order chi connectivity index (χ0) is 24.1. The highest BCUT2D eigenvalue weighted by Crippen LogP contribution is 2.44. The van der Waals surface area contributed by atoms with Crippen LogP contribution in [-0.2, 0) is 20.2 Å². The Morgan fingerprint density at radius 3 is 1.70 bits per heavy atom. The first-order valence-electron chi connectivity index (χ1n) is 9.26. The van der Waals surface area contributed by atoms with Crippen LogP contribution in [0.2, 0.25) is 0 Å². The summed E-state index contributed by atoms with van der Waals surface area (Å²) in [4.78, 5) is 7.35. The predicted molar refractivity (Wildman–Crippen MR) is 118 cm³/mol. The van der Waals surface area contributed by atoms with Crippen LogP contribution < -0.4 is 0 Å². The monoisotopic (exact) mass is 488 g/mol. The molecule has 0 aliphatic carbocycles. The Balaban J connectivity index is 2.09. The molecule has 3 N–H and O–H groups in total. The van der Waals surface area contributed by atoms with Crippen molar-refractivity contribution in [3.8, 4) is 5.75 Å². The van der Waals surface area contributed by atoms with Gasteiger partial charge in [-0.2, -0.15) is 16.8 Å². The highest BCUT2D eigenvalue weighted by molar-refractivity contribution is 7.86. The van der Waals surface area contributed by atoms with Gasteiger partial charge >= 0.3 is 0 Å². The number of hydrogen-bond acceptors (Lipinski definition) is 9. The maximum absolute atomic E-state index is 11.7. The Morgan fingerprint density at radius 2 is 1.18 bits per heavy atom. The molecule has 0 aliphatic heterocycles. The van der Waals surface area contributed by atoms with E-state index in [0.717, 1.165) is 24.3 Å². The molecule has 13 heteroatoms. The molecule has 0 atom stereocenters. The minimum atomic E-state index is -4.57. The predicted octanol–water partition coefficient (Wildman–Crippen LogP) is 4.01. The molecule has 0 unspecified atom stereocenters. The average molecular weight is 489 g/mol. The van der Waals surface area contributed by atoms with E-state index in [2.05, 4.69) is 20.2 Å². The van der Waals surface area contributed by atoms with Crippen LogP contribution in [0.25, 0.3) is 21.5 Å². The second-order valence-electron chi connectivity index (χ2n) is 7.21.